The highest BCUT2D eigenvalue weighted by Crippen LogP contribution is 2.23. The molecule has 2 aromatic rings. The molecule has 0 saturated carbocycles. The summed E-state index contributed by atoms with van der Waals surface area (Å²) in [5.41, 5.74) is 7.48. The molecule has 0 aliphatic heterocycles. The number of anilines is 1. The number of nitrogens with one attached hydrogen (secondary N) is 1. The van der Waals surface area contributed by atoms with Crippen molar-refractivity contribution in [2.75, 3.05) is 5.32 Å². The Morgan fingerprint density at radius 1 is 1.24 bits per heavy atom. The van der Waals surface area contributed by atoms with Crippen LogP contribution in [0.4, 0.5) is 10.1 Å². The van der Waals surface area contributed by atoms with Gasteiger partial charge in [-0.25, -0.2) is 4.39 Å². The first-order valence-electron chi connectivity index (χ1n) is 6.09. The summed E-state index contributed by atoms with van der Waals surface area (Å²) in [5, 5.41) is 2.66. The Balaban J connectivity index is 2.04. The lowest BCUT2D eigenvalue weighted by atomic mass is 10.1. The van der Waals surface area contributed by atoms with Gasteiger partial charge in [0.1, 0.15) is 10.8 Å². The van der Waals surface area contributed by atoms with Gasteiger partial charge in [0.05, 0.1) is 12.1 Å². The van der Waals surface area contributed by atoms with E-state index in [2.05, 4.69) is 21.2 Å². The second-order valence-corrected chi connectivity index (χ2v) is 5.70. The number of benzene rings is 2. The van der Waals surface area contributed by atoms with Gasteiger partial charge in [-0.2, -0.15) is 0 Å². The molecular weight excluding hydrogens is 355 g/mol. The predicted molar refractivity (Wildman–Crippen MR) is 88.8 cm³/mol. The zero-order valence-electron chi connectivity index (χ0n) is 10.9. The molecule has 3 nitrogen and oxygen atoms in total. The van der Waals surface area contributed by atoms with Gasteiger partial charge in [0, 0.05) is 10.0 Å². The Morgan fingerprint density at radius 2 is 1.90 bits per heavy atom. The summed E-state index contributed by atoms with van der Waals surface area (Å²) in [6.07, 6.45) is 0.181. The van der Waals surface area contributed by atoms with Crippen molar-refractivity contribution in [2.45, 2.75) is 6.42 Å². The van der Waals surface area contributed by atoms with Gasteiger partial charge in [-0.05, 0) is 39.7 Å². The predicted octanol–water partition coefficient (Wildman–Crippen LogP) is 3.40. The number of hydrogen-bond acceptors (Lipinski definition) is 2. The van der Waals surface area contributed by atoms with E-state index in [0.29, 0.717) is 15.1 Å². The summed E-state index contributed by atoms with van der Waals surface area (Å²) in [6, 6.07) is 11.2. The number of thiocarbonyl (C=S) groups is 1. The molecule has 0 atom stereocenters. The van der Waals surface area contributed by atoms with Crippen molar-refractivity contribution >= 4 is 44.7 Å². The molecule has 1 amide bonds. The van der Waals surface area contributed by atoms with Crippen LogP contribution in [0.1, 0.15) is 11.1 Å². The van der Waals surface area contributed by atoms with Crippen molar-refractivity contribution in [1.82, 2.24) is 0 Å². The van der Waals surface area contributed by atoms with Crippen molar-refractivity contribution in [3.05, 3.63) is 63.9 Å². The Labute approximate surface area is 135 Å². The highest BCUT2D eigenvalue weighted by molar-refractivity contribution is 9.10. The third kappa shape index (κ3) is 4.34. The maximum atomic E-state index is 13.1. The molecule has 108 valence electrons. The van der Waals surface area contributed by atoms with Crippen LogP contribution in [0.25, 0.3) is 0 Å². The number of rotatable bonds is 4. The number of amides is 1. The second kappa shape index (κ2) is 6.78. The van der Waals surface area contributed by atoms with Crippen molar-refractivity contribution in [2.24, 2.45) is 5.73 Å². The Morgan fingerprint density at radius 3 is 2.52 bits per heavy atom. The average Bonchev–Trinajstić information content (AvgIpc) is 2.43. The first-order chi connectivity index (χ1) is 9.95. The van der Waals surface area contributed by atoms with Crippen molar-refractivity contribution < 1.29 is 9.18 Å². The number of carbonyl (C=O) groups excluding carboxylic acids is 1. The minimum Gasteiger partial charge on any atom is -0.389 e. The molecule has 0 radical (unpaired) electrons. The SMILES string of the molecule is NC(=S)c1ccc(CC(=O)Nc2cc(F)ccc2Br)cc1. The molecule has 6 heteroatoms. The summed E-state index contributed by atoms with van der Waals surface area (Å²) in [4.78, 5) is 12.3. The smallest absolute Gasteiger partial charge is 0.228 e. The monoisotopic (exact) mass is 366 g/mol. The summed E-state index contributed by atoms with van der Waals surface area (Å²) in [6.45, 7) is 0. The number of halogens is 2. The summed E-state index contributed by atoms with van der Waals surface area (Å²) >= 11 is 8.12. The molecule has 3 N–H and O–H groups in total. The largest absolute Gasteiger partial charge is 0.389 e. The van der Waals surface area contributed by atoms with E-state index >= 15 is 0 Å². The van der Waals surface area contributed by atoms with Gasteiger partial charge in [-0.3, -0.25) is 4.79 Å². The summed E-state index contributed by atoms with van der Waals surface area (Å²) in [5.74, 6) is -0.640. The molecule has 0 bridgehead atoms. The molecule has 0 fully saturated rings. The Hall–Kier alpha value is -1.79. The lowest BCUT2D eigenvalue weighted by Crippen LogP contribution is -2.15. The van der Waals surface area contributed by atoms with E-state index in [0.717, 1.165) is 11.1 Å². The zero-order valence-corrected chi connectivity index (χ0v) is 13.3. The van der Waals surface area contributed by atoms with Crippen LogP contribution in [0.3, 0.4) is 0 Å². The van der Waals surface area contributed by atoms with Gasteiger partial charge in [-0.15, -0.1) is 0 Å². The maximum absolute atomic E-state index is 13.1. The number of carbonyl (C=O) groups is 1. The third-order valence-electron chi connectivity index (χ3n) is 2.81. The molecule has 0 spiro atoms. The molecule has 0 aliphatic rings. The summed E-state index contributed by atoms with van der Waals surface area (Å²) < 4.78 is 13.8. The van der Waals surface area contributed by atoms with E-state index in [1.54, 1.807) is 30.3 Å². The van der Waals surface area contributed by atoms with E-state index < -0.39 is 5.82 Å². The Bertz CT molecular complexity index is 689. The zero-order chi connectivity index (χ0) is 15.4. The molecule has 0 unspecified atom stereocenters. The van der Waals surface area contributed by atoms with Gasteiger partial charge in [0.2, 0.25) is 5.91 Å². The fraction of sp³-hybridized carbons (Fsp3) is 0.0667. The van der Waals surface area contributed by atoms with E-state index in [1.165, 1.54) is 12.1 Å². The molecule has 0 aromatic heterocycles. The molecule has 21 heavy (non-hydrogen) atoms. The van der Waals surface area contributed by atoms with E-state index in [-0.39, 0.29) is 12.3 Å². The second-order valence-electron chi connectivity index (χ2n) is 4.41. The van der Waals surface area contributed by atoms with Crippen LogP contribution in [-0.4, -0.2) is 10.9 Å². The minimum absolute atomic E-state index is 0.181. The van der Waals surface area contributed by atoms with Crippen LogP contribution in [-0.2, 0) is 11.2 Å². The fourth-order valence-corrected chi connectivity index (χ4v) is 2.24. The van der Waals surface area contributed by atoms with Crippen molar-refractivity contribution in [3.63, 3.8) is 0 Å². The topological polar surface area (TPSA) is 55.1 Å². The van der Waals surface area contributed by atoms with Crippen LogP contribution in [0.15, 0.2) is 46.9 Å². The van der Waals surface area contributed by atoms with Crippen molar-refractivity contribution in [1.29, 1.82) is 0 Å². The molecule has 0 aliphatic carbocycles. The maximum Gasteiger partial charge on any atom is 0.228 e. The van der Waals surface area contributed by atoms with Crippen LogP contribution in [0.2, 0.25) is 0 Å². The van der Waals surface area contributed by atoms with Crippen LogP contribution in [0, 0.1) is 5.82 Å². The molecule has 2 rings (SSSR count). The highest BCUT2D eigenvalue weighted by atomic mass is 79.9. The molecule has 0 heterocycles. The quantitative estimate of drug-likeness (QED) is 0.815. The number of nitrogens with two attached hydrogens (primary N) is 1. The van der Waals surface area contributed by atoms with E-state index in [4.69, 9.17) is 18.0 Å². The first kappa shape index (κ1) is 15.6. The van der Waals surface area contributed by atoms with Crippen molar-refractivity contribution in [3.8, 4) is 0 Å². The van der Waals surface area contributed by atoms with Crippen LogP contribution in [0.5, 0.6) is 0 Å². The standard InChI is InChI=1S/C15H12BrFN2OS/c16-12-6-5-11(17)8-13(12)19-14(20)7-9-1-3-10(4-2-9)15(18)21/h1-6,8H,7H2,(H2,18,21)(H,19,20). The van der Waals surface area contributed by atoms with Gasteiger partial charge >= 0.3 is 0 Å². The normalized spacial score (nSPS) is 10.2. The van der Waals surface area contributed by atoms with Gasteiger partial charge in [-0.1, -0.05) is 36.5 Å². The number of hydrogen-bond donors (Lipinski definition) is 2. The van der Waals surface area contributed by atoms with Crippen LogP contribution >= 0.6 is 28.1 Å². The molecule has 2 aromatic carbocycles. The van der Waals surface area contributed by atoms with E-state index in [1.807, 2.05) is 0 Å². The highest BCUT2D eigenvalue weighted by Gasteiger charge is 2.08. The first-order valence-corrected chi connectivity index (χ1v) is 7.29. The average molecular weight is 367 g/mol. The minimum atomic E-state index is -0.408. The third-order valence-corrected chi connectivity index (χ3v) is 3.73. The Kier molecular flexibility index (Phi) is 5.03. The fourth-order valence-electron chi connectivity index (χ4n) is 1.76. The van der Waals surface area contributed by atoms with Gasteiger partial charge in [0.25, 0.3) is 0 Å². The molecular formula is C15H12BrFN2OS. The van der Waals surface area contributed by atoms with E-state index in [9.17, 15) is 9.18 Å². The van der Waals surface area contributed by atoms with Gasteiger partial charge < -0.3 is 11.1 Å². The lowest BCUT2D eigenvalue weighted by molar-refractivity contribution is -0.115. The summed E-state index contributed by atoms with van der Waals surface area (Å²) in [7, 11) is 0. The van der Waals surface area contributed by atoms with Gasteiger partial charge in [0.15, 0.2) is 0 Å². The van der Waals surface area contributed by atoms with Crippen LogP contribution < -0.4 is 11.1 Å². The lowest BCUT2D eigenvalue weighted by Gasteiger charge is -2.08. The molecule has 0 saturated heterocycles.